The van der Waals surface area contributed by atoms with Crippen LogP contribution in [0, 0.1) is 5.92 Å². The van der Waals surface area contributed by atoms with Crippen molar-refractivity contribution in [2.45, 2.75) is 52.6 Å². The highest BCUT2D eigenvalue weighted by Gasteiger charge is 2.18. The molecule has 0 aliphatic heterocycles. The Labute approximate surface area is 116 Å². The van der Waals surface area contributed by atoms with Crippen molar-refractivity contribution < 1.29 is 13.9 Å². The first-order chi connectivity index (χ1) is 8.72. The molecule has 0 radical (unpaired) electrons. The van der Waals surface area contributed by atoms with Crippen molar-refractivity contribution >= 4 is 5.97 Å². The van der Waals surface area contributed by atoms with E-state index in [-0.39, 0.29) is 5.97 Å². The van der Waals surface area contributed by atoms with E-state index in [4.69, 9.17) is 4.74 Å². The first-order valence-corrected chi connectivity index (χ1v) is 6.94. The van der Waals surface area contributed by atoms with E-state index in [2.05, 4.69) is 18.8 Å². The van der Waals surface area contributed by atoms with E-state index in [1.165, 1.54) is 0 Å². The Bertz CT molecular complexity index is 284. The summed E-state index contributed by atoms with van der Waals surface area (Å²) in [6.07, 6.45) is 2.61. The number of hydrogen-bond acceptors (Lipinski definition) is 3. The maximum Gasteiger partial charge on any atom is 0.333 e. The molecule has 0 saturated carbocycles. The Balaban J connectivity index is 3.41. The van der Waals surface area contributed by atoms with Gasteiger partial charge in [0.1, 0.15) is 12.3 Å². The van der Waals surface area contributed by atoms with E-state index in [1.807, 2.05) is 0 Å². The third-order valence-electron chi connectivity index (χ3n) is 2.74. The monoisotopic (exact) mass is 273 g/mol. The highest BCUT2D eigenvalue weighted by molar-refractivity contribution is 5.86. The van der Waals surface area contributed by atoms with Gasteiger partial charge in [-0.2, -0.15) is 0 Å². The number of nitrogens with one attached hydrogen (secondary N) is 1. The standard InChI is InChI=1S/C15H28FNO2/c1-12(2)14(18)19-10-9-17-8-6-7-13(3)11-15(4,5)16/h13,17H,1,6-11H2,2-5H3. The molecule has 0 aliphatic carbocycles. The van der Waals surface area contributed by atoms with Crippen LogP contribution in [0.1, 0.15) is 47.0 Å². The fourth-order valence-corrected chi connectivity index (χ4v) is 1.97. The van der Waals surface area contributed by atoms with Crippen LogP contribution >= 0.6 is 0 Å². The van der Waals surface area contributed by atoms with Gasteiger partial charge in [-0.3, -0.25) is 0 Å². The van der Waals surface area contributed by atoms with Gasteiger partial charge < -0.3 is 10.1 Å². The van der Waals surface area contributed by atoms with Gasteiger partial charge in [0.2, 0.25) is 0 Å². The largest absolute Gasteiger partial charge is 0.461 e. The summed E-state index contributed by atoms with van der Waals surface area (Å²) in [6, 6.07) is 0. The summed E-state index contributed by atoms with van der Waals surface area (Å²) in [6.45, 7) is 12.3. The lowest BCUT2D eigenvalue weighted by atomic mass is 9.93. The van der Waals surface area contributed by atoms with Gasteiger partial charge in [0.15, 0.2) is 0 Å². The molecule has 0 heterocycles. The van der Waals surface area contributed by atoms with Crippen LogP contribution in [-0.4, -0.2) is 31.3 Å². The Kier molecular flexibility index (Phi) is 8.65. The molecule has 3 nitrogen and oxygen atoms in total. The lowest BCUT2D eigenvalue weighted by Crippen LogP contribution is -2.23. The minimum Gasteiger partial charge on any atom is -0.461 e. The smallest absolute Gasteiger partial charge is 0.333 e. The van der Waals surface area contributed by atoms with Crippen molar-refractivity contribution in [1.29, 1.82) is 0 Å². The zero-order chi connectivity index (χ0) is 14.9. The number of ether oxygens (including phenoxy) is 1. The summed E-state index contributed by atoms with van der Waals surface area (Å²) in [4.78, 5) is 11.1. The van der Waals surface area contributed by atoms with Gasteiger partial charge in [0.05, 0.1) is 0 Å². The molecule has 1 N–H and O–H groups in total. The third kappa shape index (κ3) is 11.9. The minimum absolute atomic E-state index is 0.347. The highest BCUT2D eigenvalue weighted by atomic mass is 19.1. The molecule has 4 heteroatoms. The van der Waals surface area contributed by atoms with Crippen LogP contribution in [-0.2, 0) is 9.53 Å². The van der Waals surface area contributed by atoms with Crippen LogP contribution in [0.15, 0.2) is 12.2 Å². The van der Waals surface area contributed by atoms with E-state index < -0.39 is 5.67 Å². The van der Waals surface area contributed by atoms with Gasteiger partial charge in [0.25, 0.3) is 0 Å². The molecule has 0 bridgehead atoms. The van der Waals surface area contributed by atoms with Gasteiger partial charge in [-0.1, -0.05) is 13.5 Å². The Morgan fingerprint density at radius 1 is 1.42 bits per heavy atom. The van der Waals surface area contributed by atoms with Crippen molar-refractivity contribution in [3.05, 3.63) is 12.2 Å². The van der Waals surface area contributed by atoms with Crippen molar-refractivity contribution in [1.82, 2.24) is 5.32 Å². The Morgan fingerprint density at radius 2 is 2.05 bits per heavy atom. The number of hydrogen-bond donors (Lipinski definition) is 1. The molecule has 0 aromatic rings. The lowest BCUT2D eigenvalue weighted by molar-refractivity contribution is -0.138. The van der Waals surface area contributed by atoms with E-state index in [9.17, 15) is 9.18 Å². The molecule has 1 atom stereocenters. The molecular formula is C15H28FNO2. The normalized spacial score (nSPS) is 13.1. The van der Waals surface area contributed by atoms with Gasteiger partial charge in [-0.15, -0.1) is 0 Å². The molecule has 0 aliphatic rings. The van der Waals surface area contributed by atoms with E-state index >= 15 is 0 Å². The zero-order valence-electron chi connectivity index (χ0n) is 12.7. The predicted molar refractivity (Wildman–Crippen MR) is 76.8 cm³/mol. The van der Waals surface area contributed by atoms with Crippen LogP contribution in [0.5, 0.6) is 0 Å². The maximum absolute atomic E-state index is 13.4. The minimum atomic E-state index is -1.08. The summed E-state index contributed by atoms with van der Waals surface area (Å²) in [5.41, 5.74) is -0.661. The molecule has 0 fully saturated rings. The first-order valence-electron chi connectivity index (χ1n) is 6.94. The van der Waals surface area contributed by atoms with E-state index in [0.29, 0.717) is 31.1 Å². The average molecular weight is 273 g/mol. The molecule has 0 rings (SSSR count). The summed E-state index contributed by atoms with van der Waals surface area (Å²) in [5, 5.41) is 3.20. The van der Waals surface area contributed by atoms with Crippen molar-refractivity contribution in [2.24, 2.45) is 5.92 Å². The van der Waals surface area contributed by atoms with Gasteiger partial charge in [-0.25, -0.2) is 9.18 Å². The topological polar surface area (TPSA) is 38.3 Å². The van der Waals surface area contributed by atoms with Crippen LogP contribution in [0.3, 0.4) is 0 Å². The second-order valence-electron chi connectivity index (χ2n) is 5.84. The fourth-order valence-electron chi connectivity index (χ4n) is 1.97. The molecule has 1 unspecified atom stereocenters. The van der Waals surface area contributed by atoms with Crippen molar-refractivity contribution in [2.75, 3.05) is 19.7 Å². The third-order valence-corrected chi connectivity index (χ3v) is 2.74. The molecule has 19 heavy (non-hydrogen) atoms. The van der Waals surface area contributed by atoms with Gasteiger partial charge in [-0.05, 0) is 52.5 Å². The molecular weight excluding hydrogens is 245 g/mol. The molecule has 0 saturated heterocycles. The van der Waals surface area contributed by atoms with E-state index in [1.54, 1.807) is 20.8 Å². The zero-order valence-corrected chi connectivity index (χ0v) is 12.7. The molecule has 0 aromatic carbocycles. The Morgan fingerprint density at radius 3 is 2.58 bits per heavy atom. The van der Waals surface area contributed by atoms with Crippen LogP contribution in [0.4, 0.5) is 4.39 Å². The lowest BCUT2D eigenvalue weighted by Gasteiger charge is -2.19. The predicted octanol–water partition coefficient (Wildman–Crippen LogP) is 3.25. The van der Waals surface area contributed by atoms with Crippen LogP contribution in [0.25, 0.3) is 0 Å². The summed E-state index contributed by atoms with van der Waals surface area (Å²) >= 11 is 0. The molecule has 0 spiro atoms. The summed E-state index contributed by atoms with van der Waals surface area (Å²) in [5.74, 6) is 0.0450. The highest BCUT2D eigenvalue weighted by Crippen LogP contribution is 2.22. The molecule has 112 valence electrons. The quantitative estimate of drug-likeness (QED) is 0.377. The summed E-state index contributed by atoms with van der Waals surface area (Å²) < 4.78 is 18.3. The second kappa shape index (κ2) is 9.08. The van der Waals surface area contributed by atoms with Crippen LogP contribution < -0.4 is 5.32 Å². The van der Waals surface area contributed by atoms with E-state index in [0.717, 1.165) is 19.4 Å². The number of halogens is 1. The van der Waals surface area contributed by atoms with Crippen molar-refractivity contribution in [3.63, 3.8) is 0 Å². The molecule has 0 amide bonds. The second-order valence-corrected chi connectivity index (χ2v) is 5.84. The average Bonchev–Trinajstić information content (AvgIpc) is 2.24. The number of carbonyl (C=O) groups is 1. The fraction of sp³-hybridized carbons (Fsp3) is 0.800. The van der Waals surface area contributed by atoms with Gasteiger partial charge in [0, 0.05) is 12.1 Å². The number of carbonyl (C=O) groups excluding carboxylic acids is 1. The van der Waals surface area contributed by atoms with Crippen molar-refractivity contribution in [3.8, 4) is 0 Å². The number of rotatable bonds is 10. The number of esters is 1. The SMILES string of the molecule is C=C(C)C(=O)OCCNCCCC(C)CC(C)(C)F. The number of alkyl halides is 1. The van der Waals surface area contributed by atoms with Crippen LogP contribution in [0.2, 0.25) is 0 Å². The maximum atomic E-state index is 13.4. The Hall–Kier alpha value is -0.900. The first kappa shape index (κ1) is 18.1. The molecule has 0 aromatic heterocycles. The van der Waals surface area contributed by atoms with Gasteiger partial charge >= 0.3 is 5.97 Å². The summed E-state index contributed by atoms with van der Waals surface area (Å²) in [7, 11) is 0.